The molecule has 2 aromatic rings. The number of carboxylic acids is 2. The Balaban J connectivity index is 2.26. The molecule has 1 aliphatic rings. The van der Waals surface area contributed by atoms with E-state index in [-0.39, 0.29) is 57.1 Å². The lowest BCUT2D eigenvalue weighted by atomic mass is 10.0. The van der Waals surface area contributed by atoms with Crippen molar-refractivity contribution >= 4 is 127 Å². The van der Waals surface area contributed by atoms with E-state index in [2.05, 4.69) is 78.8 Å². The second-order valence-corrected chi connectivity index (χ2v) is 23.9. The Morgan fingerprint density at radius 3 is 1.69 bits per heavy atom. The number of nitrogens with zero attached hydrogens (tertiary/aromatic N) is 2. The monoisotopic (exact) mass is 1350 g/mol. The van der Waals surface area contributed by atoms with Crippen molar-refractivity contribution < 1.29 is 82.4 Å². The number of nitrogens with two attached hydrogens (primary N) is 5. The van der Waals surface area contributed by atoms with Crippen molar-refractivity contribution in [2.45, 2.75) is 152 Å². The highest BCUT2D eigenvalue weighted by Crippen LogP contribution is 2.24. The zero-order valence-corrected chi connectivity index (χ0v) is 53.3. The molecule has 0 bridgehead atoms. The fraction of sp³-hybridized carbons (Fsp3) is 0.556. The first-order chi connectivity index (χ1) is 43.8. The highest BCUT2D eigenvalue weighted by molar-refractivity contribution is 8.76. The predicted octanol–water partition coefficient (Wildman–Crippen LogP) is -7.97. The molecule has 12 atom stereocenters. The summed E-state index contributed by atoms with van der Waals surface area (Å²) >= 11 is 0. The molecule has 514 valence electrons. The summed E-state index contributed by atoms with van der Waals surface area (Å²) in [5, 5.41) is 59.4. The third-order valence-electron chi connectivity index (χ3n) is 13.7. The first kappa shape index (κ1) is 77.7. The molecular weight excluding hydrogens is 1260 g/mol. The Morgan fingerprint density at radius 1 is 0.624 bits per heavy atom. The number of H-pyrrole nitrogens is 1. The van der Waals surface area contributed by atoms with Crippen LogP contribution >= 0.6 is 21.6 Å². The van der Waals surface area contributed by atoms with E-state index >= 15 is 0 Å². The van der Waals surface area contributed by atoms with Crippen LogP contribution in [0.1, 0.15) is 78.7 Å². The number of benzene rings is 1. The summed E-state index contributed by atoms with van der Waals surface area (Å²) in [6.45, 7) is 4.41. The number of aliphatic hydroxyl groups is 1. The lowest BCUT2D eigenvalue weighted by Gasteiger charge is -2.28. The van der Waals surface area contributed by atoms with Crippen molar-refractivity contribution in [3.63, 3.8) is 0 Å². The molecule has 1 aliphatic heterocycles. The van der Waals surface area contributed by atoms with Gasteiger partial charge in [0, 0.05) is 54.5 Å². The lowest BCUT2D eigenvalue weighted by Crippen LogP contribution is -2.62. The number of guanidine groups is 2. The molecule has 1 aromatic heterocycles. The molecule has 37 nitrogen and oxygen atoms in total. The maximum atomic E-state index is 14.5. The maximum Gasteiger partial charge on any atom is 0.325 e. The number of para-hydroxylation sites is 1. The van der Waals surface area contributed by atoms with Crippen LogP contribution in [0.3, 0.4) is 0 Å². The van der Waals surface area contributed by atoms with Crippen molar-refractivity contribution in [3.05, 3.63) is 36.0 Å². The van der Waals surface area contributed by atoms with E-state index in [1.54, 1.807) is 30.5 Å². The molecule has 26 N–H and O–H groups in total. The maximum absolute atomic E-state index is 14.5. The van der Waals surface area contributed by atoms with Crippen LogP contribution < -0.4 is 92.5 Å². The highest BCUT2D eigenvalue weighted by atomic mass is 33.1. The first-order valence-electron chi connectivity index (χ1n) is 29.1. The molecule has 12 amide bonds. The molecule has 0 unspecified atom stereocenters. The van der Waals surface area contributed by atoms with Gasteiger partial charge in [0.15, 0.2) is 11.9 Å². The van der Waals surface area contributed by atoms with Crippen LogP contribution in [0.2, 0.25) is 0 Å². The summed E-state index contributed by atoms with van der Waals surface area (Å²) in [6, 6.07) is -10.6. The molecule has 1 aromatic carbocycles. The molecule has 1 saturated heterocycles. The molecule has 0 aliphatic carbocycles. The van der Waals surface area contributed by atoms with Gasteiger partial charge >= 0.3 is 11.9 Å². The molecule has 39 heteroatoms. The summed E-state index contributed by atoms with van der Waals surface area (Å²) in [5.41, 5.74) is 28.7. The minimum absolute atomic E-state index is 0.0242. The quantitative estimate of drug-likeness (QED) is 0.0213. The number of hydrogen-bond donors (Lipinski definition) is 21. The van der Waals surface area contributed by atoms with E-state index in [0.29, 0.717) is 16.5 Å². The van der Waals surface area contributed by atoms with Gasteiger partial charge < -0.3 is 113 Å². The van der Waals surface area contributed by atoms with Crippen molar-refractivity contribution in [1.82, 2.24) is 68.8 Å². The third-order valence-corrected chi connectivity index (χ3v) is 16.1. The fourth-order valence-corrected chi connectivity index (χ4v) is 10.9. The molecular formula is C54H84N20O17S2. The number of aromatic amines is 1. The summed E-state index contributed by atoms with van der Waals surface area (Å²) in [5.74, 6) is -16.6. The minimum atomic E-state index is -1.92. The second kappa shape index (κ2) is 39.0. The van der Waals surface area contributed by atoms with Crippen LogP contribution in [0.5, 0.6) is 0 Å². The average Bonchev–Trinajstić information content (AvgIpc) is 1.75. The Labute approximate surface area is 540 Å². The number of rotatable bonds is 23. The number of carbonyl (C=O) groups is 14. The Kier molecular flexibility index (Phi) is 32.6. The molecule has 0 saturated carbocycles. The van der Waals surface area contributed by atoms with Crippen LogP contribution in [0.4, 0.5) is 0 Å². The van der Waals surface area contributed by atoms with E-state index in [0.717, 1.165) is 28.5 Å². The number of carboxylic acid groups (broad SMARTS) is 2. The van der Waals surface area contributed by atoms with Crippen LogP contribution in [0.15, 0.2) is 40.4 Å². The molecule has 0 spiro atoms. The van der Waals surface area contributed by atoms with Gasteiger partial charge in [-0.05, 0) is 78.4 Å². The number of fused-ring (bicyclic) bond motifs is 1. The van der Waals surface area contributed by atoms with Crippen molar-refractivity contribution in [2.75, 3.05) is 37.7 Å². The smallest absolute Gasteiger partial charge is 0.325 e. The zero-order chi connectivity index (χ0) is 69.6. The van der Waals surface area contributed by atoms with E-state index < -0.39 is 193 Å². The van der Waals surface area contributed by atoms with Gasteiger partial charge in [-0.1, -0.05) is 39.8 Å². The van der Waals surface area contributed by atoms with Crippen molar-refractivity contribution in [3.8, 4) is 0 Å². The number of aliphatic hydroxyl groups excluding tert-OH is 1. The predicted molar refractivity (Wildman–Crippen MR) is 339 cm³/mol. The van der Waals surface area contributed by atoms with Gasteiger partial charge in [0.25, 0.3) is 0 Å². The Bertz CT molecular complexity index is 3070. The van der Waals surface area contributed by atoms with Gasteiger partial charge in [-0.15, -0.1) is 0 Å². The third kappa shape index (κ3) is 27.5. The van der Waals surface area contributed by atoms with E-state index in [1.807, 2.05) is 0 Å². The number of aliphatic carboxylic acids is 2. The normalized spacial score (nSPS) is 22.9. The first-order valence-corrected chi connectivity index (χ1v) is 31.6. The van der Waals surface area contributed by atoms with Crippen LogP contribution in [-0.2, 0) is 73.5 Å². The summed E-state index contributed by atoms with van der Waals surface area (Å²) in [4.78, 5) is 201. The van der Waals surface area contributed by atoms with Gasteiger partial charge in [0.1, 0.15) is 66.5 Å². The van der Waals surface area contributed by atoms with Crippen molar-refractivity contribution in [1.29, 1.82) is 0 Å². The van der Waals surface area contributed by atoms with Crippen molar-refractivity contribution in [2.24, 2.45) is 38.7 Å². The minimum Gasteiger partial charge on any atom is -0.481 e. The number of hydrogen-bond acceptors (Lipinski definition) is 20. The van der Waals surface area contributed by atoms with Gasteiger partial charge in [-0.25, -0.2) is 0 Å². The van der Waals surface area contributed by atoms with Crippen LogP contribution in [0, 0.1) is 0 Å². The van der Waals surface area contributed by atoms with Gasteiger partial charge in [0.05, 0.1) is 19.2 Å². The number of amides is 12. The molecule has 0 radical (unpaired) electrons. The van der Waals surface area contributed by atoms with E-state index in [1.165, 1.54) is 27.7 Å². The number of aliphatic imine (C=N–C) groups is 2. The number of nitrogens with one attached hydrogen (secondary N) is 13. The summed E-state index contributed by atoms with van der Waals surface area (Å²) in [7, 11) is 1.65. The molecule has 2 heterocycles. The average molecular weight is 1350 g/mol. The lowest BCUT2D eigenvalue weighted by molar-refractivity contribution is -0.141. The summed E-state index contributed by atoms with van der Waals surface area (Å²) in [6.07, 6.45) is -2.45. The number of carbonyl (C=O) groups excluding carboxylic acids is 12. The topological polar surface area (TPSA) is 615 Å². The van der Waals surface area contributed by atoms with Crippen LogP contribution in [0.25, 0.3) is 10.9 Å². The van der Waals surface area contributed by atoms with E-state index in [4.69, 9.17) is 28.7 Å². The highest BCUT2D eigenvalue weighted by Gasteiger charge is 2.37. The second-order valence-electron chi connectivity index (χ2n) is 21.4. The summed E-state index contributed by atoms with van der Waals surface area (Å²) < 4.78 is 0. The van der Waals surface area contributed by atoms with Gasteiger partial charge in [-0.2, -0.15) is 0 Å². The molecule has 1 fully saturated rings. The Morgan fingerprint density at radius 2 is 1.13 bits per heavy atom. The Hall–Kier alpha value is -9.50. The van der Waals surface area contributed by atoms with Crippen LogP contribution in [-0.4, -0.2) is 225 Å². The SMILES string of the molecule is C[C@H](NC(=O)CNC(=O)[C@@H]1CSSC[C@H](NC(=O)[C@H](C)NC(=O)CN)C(=O)N[C@@H](CCCN=C(N)N)C(=O)N[C@@H](CCCN=C(N)N)C(=O)N[C@@H](CCC(=O)O)C(=O)N[C@@H]([C@@H](C)O)C(=O)N[C@@H](C)C(=O)N[C@@H](Cc2c[nH]c3ccccc23)C(=O)N[C@@H](C)C(=O)N1)C(=O)O. The fourth-order valence-electron chi connectivity index (χ4n) is 8.53. The van der Waals surface area contributed by atoms with E-state index in [9.17, 15) is 82.4 Å². The zero-order valence-electron chi connectivity index (χ0n) is 51.7. The molecule has 3 rings (SSSR count). The van der Waals surface area contributed by atoms with Gasteiger partial charge in [-0.3, -0.25) is 77.1 Å². The van der Waals surface area contributed by atoms with Gasteiger partial charge in [0.2, 0.25) is 70.9 Å². The number of aromatic nitrogens is 1. The standard InChI is InChI=1S/C54H84N20O17S2/c1-24(64-38(76)19-55)42(80)73-37-23-93-92-22-36(45(83)63-21-39(77)65-27(4)52(90)91)72-44(82)25(2)66-49(87)35(18-29-20-62-31-11-7-6-10-30(29)31)71-43(81)26(3)67-51(89)41(28(5)75)74-48(86)34(14-15-40(78)79)70-47(85)32(12-8-16-60-53(56)57)68-46(84)33(69-50(37)88)13-9-17-61-54(58)59/h6-7,10-11,20,24-28,32-37,41,62,75H,8-9,12-19,21-23,55H2,1-5H3,(H,63,83)(H,64,76)(H,65,77)(H,66,87)(H,67,89)(H,68,84)(H,69,88)(H,70,85)(H,71,81)(H,72,82)(H,73,80)(H,74,86)(H,78,79)(H,90,91)(H4,56,57,60)(H4,58,59,61)/t24-,25-,26-,27-,28+,32-,33-,34-,35-,36-,37-,41-/m0/s1. The molecule has 93 heavy (non-hydrogen) atoms. The largest absolute Gasteiger partial charge is 0.481 e.